The molecule has 0 amide bonds. The third kappa shape index (κ3) is 1.89. The van der Waals surface area contributed by atoms with E-state index in [9.17, 15) is 4.79 Å². The van der Waals surface area contributed by atoms with Gasteiger partial charge in [0.2, 0.25) is 0 Å². The first kappa shape index (κ1) is 10.2. The van der Waals surface area contributed by atoms with Gasteiger partial charge in [0.15, 0.2) is 5.78 Å². The Hall–Kier alpha value is -0.890. The molecular formula is C10H12ClNO. The van der Waals surface area contributed by atoms with Crippen molar-refractivity contribution in [3.8, 4) is 0 Å². The zero-order valence-corrected chi connectivity index (χ0v) is 8.36. The molecule has 3 heteroatoms. The minimum atomic E-state index is 0. The van der Waals surface area contributed by atoms with Crippen LogP contribution in [0.15, 0.2) is 12.3 Å². The standard InChI is InChI=1S/C10H11NO.ClH/c1-7-5-8-3-2-4-10(12)9(8)6-11-7;/h5-6H,2-4H2,1H3;1H. The van der Waals surface area contributed by atoms with Crippen LogP contribution in [0.25, 0.3) is 0 Å². The van der Waals surface area contributed by atoms with E-state index in [-0.39, 0.29) is 18.2 Å². The van der Waals surface area contributed by atoms with Crippen LogP contribution in [-0.2, 0) is 6.42 Å². The summed E-state index contributed by atoms with van der Waals surface area (Å²) in [5.41, 5.74) is 3.02. The fourth-order valence-electron chi connectivity index (χ4n) is 1.65. The molecule has 0 N–H and O–H groups in total. The quantitative estimate of drug-likeness (QED) is 0.639. The smallest absolute Gasteiger partial charge is 0.164 e. The van der Waals surface area contributed by atoms with Crippen LogP contribution in [0.4, 0.5) is 0 Å². The molecule has 0 aliphatic heterocycles. The summed E-state index contributed by atoms with van der Waals surface area (Å²) in [5, 5.41) is 0. The summed E-state index contributed by atoms with van der Waals surface area (Å²) in [5.74, 6) is 0.253. The van der Waals surface area contributed by atoms with Gasteiger partial charge < -0.3 is 0 Å². The summed E-state index contributed by atoms with van der Waals surface area (Å²) < 4.78 is 0. The number of fused-ring (bicyclic) bond motifs is 1. The molecule has 0 spiro atoms. The van der Waals surface area contributed by atoms with E-state index >= 15 is 0 Å². The summed E-state index contributed by atoms with van der Waals surface area (Å²) >= 11 is 0. The van der Waals surface area contributed by atoms with Gasteiger partial charge >= 0.3 is 0 Å². The Morgan fingerprint density at radius 1 is 1.38 bits per heavy atom. The Balaban J connectivity index is 0.000000845. The minimum absolute atomic E-state index is 0. The van der Waals surface area contributed by atoms with Crippen molar-refractivity contribution < 1.29 is 4.79 Å². The van der Waals surface area contributed by atoms with Gasteiger partial charge in [0.05, 0.1) is 0 Å². The van der Waals surface area contributed by atoms with Crippen LogP contribution < -0.4 is 0 Å². The number of halogens is 1. The monoisotopic (exact) mass is 197 g/mol. The predicted molar refractivity (Wildman–Crippen MR) is 53.5 cm³/mol. The Labute approximate surface area is 83.8 Å². The lowest BCUT2D eigenvalue weighted by Crippen LogP contribution is -2.11. The van der Waals surface area contributed by atoms with Crippen LogP contribution in [0, 0.1) is 6.92 Å². The maximum Gasteiger partial charge on any atom is 0.164 e. The molecule has 13 heavy (non-hydrogen) atoms. The third-order valence-electron chi connectivity index (χ3n) is 2.28. The van der Waals surface area contributed by atoms with E-state index < -0.39 is 0 Å². The number of aromatic nitrogens is 1. The summed E-state index contributed by atoms with van der Waals surface area (Å²) in [4.78, 5) is 15.5. The molecule has 0 unspecified atom stereocenters. The van der Waals surface area contributed by atoms with Gasteiger partial charge in [-0.15, -0.1) is 12.4 Å². The van der Waals surface area contributed by atoms with Crippen LogP contribution in [0.3, 0.4) is 0 Å². The van der Waals surface area contributed by atoms with Gasteiger partial charge in [-0.25, -0.2) is 0 Å². The summed E-state index contributed by atoms with van der Waals surface area (Å²) in [6, 6.07) is 2.02. The Kier molecular flexibility index (Phi) is 3.04. The Bertz CT molecular complexity index is 336. The van der Waals surface area contributed by atoms with Gasteiger partial charge in [-0.2, -0.15) is 0 Å². The summed E-state index contributed by atoms with van der Waals surface area (Å²) in [6.07, 6.45) is 4.43. The highest BCUT2D eigenvalue weighted by Gasteiger charge is 2.16. The Morgan fingerprint density at radius 3 is 2.92 bits per heavy atom. The van der Waals surface area contributed by atoms with Crippen molar-refractivity contribution in [1.82, 2.24) is 4.98 Å². The van der Waals surface area contributed by atoms with E-state index in [1.165, 1.54) is 5.56 Å². The molecule has 0 bridgehead atoms. The number of hydrogen-bond acceptors (Lipinski definition) is 2. The largest absolute Gasteiger partial charge is 0.294 e. The topological polar surface area (TPSA) is 30.0 Å². The van der Waals surface area contributed by atoms with E-state index in [4.69, 9.17) is 0 Å². The van der Waals surface area contributed by atoms with Gasteiger partial charge in [0.1, 0.15) is 0 Å². The minimum Gasteiger partial charge on any atom is -0.294 e. The Morgan fingerprint density at radius 2 is 2.15 bits per heavy atom. The highest BCUT2D eigenvalue weighted by atomic mass is 35.5. The van der Waals surface area contributed by atoms with E-state index in [0.717, 1.165) is 24.1 Å². The highest BCUT2D eigenvalue weighted by molar-refractivity contribution is 5.98. The molecule has 0 fully saturated rings. The predicted octanol–water partition coefficient (Wildman–Crippen LogP) is 2.33. The number of carbonyl (C=O) groups excluding carboxylic acids is 1. The first-order valence-corrected chi connectivity index (χ1v) is 4.26. The lowest BCUT2D eigenvalue weighted by molar-refractivity contribution is 0.0972. The van der Waals surface area contributed by atoms with Crippen molar-refractivity contribution in [3.05, 3.63) is 29.1 Å². The second-order valence-corrected chi connectivity index (χ2v) is 3.26. The number of aryl methyl sites for hydroxylation is 2. The van der Waals surface area contributed by atoms with Crippen LogP contribution in [0.5, 0.6) is 0 Å². The zero-order chi connectivity index (χ0) is 8.55. The van der Waals surface area contributed by atoms with Crippen LogP contribution in [0.1, 0.15) is 34.5 Å². The van der Waals surface area contributed by atoms with Crippen molar-refractivity contribution in [3.63, 3.8) is 0 Å². The lowest BCUT2D eigenvalue weighted by Gasteiger charge is -2.13. The molecule has 0 saturated heterocycles. The number of pyridine rings is 1. The number of ketones is 1. The van der Waals surface area contributed by atoms with Crippen LogP contribution >= 0.6 is 12.4 Å². The van der Waals surface area contributed by atoms with Gasteiger partial charge in [-0.05, 0) is 31.4 Å². The first-order valence-electron chi connectivity index (χ1n) is 4.26. The van der Waals surface area contributed by atoms with Gasteiger partial charge in [0, 0.05) is 23.9 Å². The summed E-state index contributed by atoms with van der Waals surface area (Å²) in [7, 11) is 0. The molecule has 1 aliphatic rings. The molecule has 0 atom stereocenters. The maximum atomic E-state index is 11.4. The third-order valence-corrected chi connectivity index (χ3v) is 2.28. The van der Waals surface area contributed by atoms with Crippen LogP contribution in [0.2, 0.25) is 0 Å². The van der Waals surface area contributed by atoms with E-state index in [1.807, 2.05) is 13.0 Å². The molecule has 0 saturated carbocycles. The van der Waals surface area contributed by atoms with Crippen molar-refractivity contribution in [2.75, 3.05) is 0 Å². The van der Waals surface area contributed by atoms with Gasteiger partial charge in [-0.1, -0.05) is 0 Å². The molecule has 0 aromatic carbocycles. The molecule has 2 rings (SSSR count). The highest BCUT2D eigenvalue weighted by Crippen LogP contribution is 2.20. The normalized spacial score (nSPS) is 14.7. The van der Waals surface area contributed by atoms with E-state index in [1.54, 1.807) is 6.20 Å². The zero-order valence-electron chi connectivity index (χ0n) is 7.54. The number of hydrogen-bond donors (Lipinski definition) is 0. The number of carbonyl (C=O) groups is 1. The van der Waals surface area contributed by atoms with E-state index in [0.29, 0.717) is 6.42 Å². The molecular weight excluding hydrogens is 186 g/mol. The fraction of sp³-hybridized carbons (Fsp3) is 0.400. The fourth-order valence-corrected chi connectivity index (χ4v) is 1.65. The average Bonchev–Trinajstić information content (AvgIpc) is 2.04. The SMILES string of the molecule is Cc1cc2c(cn1)C(=O)CCC2.Cl. The second kappa shape index (κ2) is 3.88. The van der Waals surface area contributed by atoms with Crippen molar-refractivity contribution in [2.24, 2.45) is 0 Å². The van der Waals surface area contributed by atoms with Crippen molar-refractivity contribution in [2.45, 2.75) is 26.2 Å². The molecule has 1 aromatic heterocycles. The van der Waals surface area contributed by atoms with E-state index in [2.05, 4.69) is 4.98 Å². The lowest BCUT2D eigenvalue weighted by atomic mass is 9.92. The number of Topliss-reactive ketones (excluding diaryl/α,β-unsaturated/α-hetero) is 1. The second-order valence-electron chi connectivity index (χ2n) is 3.26. The molecule has 1 aliphatic carbocycles. The van der Waals surface area contributed by atoms with Crippen molar-refractivity contribution in [1.29, 1.82) is 0 Å². The molecule has 1 aromatic rings. The average molecular weight is 198 g/mol. The summed E-state index contributed by atoms with van der Waals surface area (Å²) in [6.45, 7) is 1.96. The molecule has 2 nitrogen and oxygen atoms in total. The molecule has 1 heterocycles. The molecule has 70 valence electrons. The first-order chi connectivity index (χ1) is 5.77. The number of rotatable bonds is 0. The van der Waals surface area contributed by atoms with Crippen molar-refractivity contribution >= 4 is 18.2 Å². The number of nitrogens with zero attached hydrogens (tertiary/aromatic N) is 1. The van der Waals surface area contributed by atoms with Gasteiger partial charge in [-0.3, -0.25) is 9.78 Å². The molecule has 0 radical (unpaired) electrons. The maximum absolute atomic E-state index is 11.4. The van der Waals surface area contributed by atoms with Gasteiger partial charge in [0.25, 0.3) is 0 Å². The van der Waals surface area contributed by atoms with Crippen LogP contribution in [-0.4, -0.2) is 10.8 Å².